The van der Waals surface area contributed by atoms with Crippen LogP contribution >= 0.6 is 0 Å². The lowest BCUT2D eigenvalue weighted by Crippen LogP contribution is -2.35. The number of nitrogens with one attached hydrogen (secondary N) is 8. The van der Waals surface area contributed by atoms with E-state index in [1.807, 2.05) is 0 Å². The number of aromatic nitrogens is 7. The molecule has 0 fully saturated rings. The van der Waals surface area contributed by atoms with Crippen molar-refractivity contribution in [3.05, 3.63) is 96.1 Å². The van der Waals surface area contributed by atoms with Gasteiger partial charge in [0.2, 0.25) is 29.5 Å². The molecule has 0 saturated carbocycles. The van der Waals surface area contributed by atoms with Crippen LogP contribution in [0, 0.1) is 0 Å². The van der Waals surface area contributed by atoms with E-state index in [1.54, 1.807) is 73.7 Å². The predicted molar refractivity (Wildman–Crippen MR) is 282 cm³/mol. The van der Waals surface area contributed by atoms with Gasteiger partial charge in [0, 0.05) is 124 Å². The number of carbonyl (C=O) groups excluding carboxylic acids is 9. The molecule has 8 amide bonds. The van der Waals surface area contributed by atoms with Crippen LogP contribution < -0.4 is 48.3 Å². The molecule has 0 unspecified atom stereocenters. The van der Waals surface area contributed by atoms with E-state index in [1.165, 1.54) is 50.8 Å². The number of likely N-dealkylation sites (N-methyl/N-ethyl adjacent to an activating group) is 1. The quantitative estimate of drug-likeness (QED) is 0.0179. The van der Waals surface area contributed by atoms with Gasteiger partial charge in [-0.25, -0.2) is 15.0 Å². The summed E-state index contributed by atoms with van der Waals surface area (Å²) in [4.78, 5) is 128. The molecular formula is C49H66N18O9. The normalized spacial score (nSPS) is 11.1. The van der Waals surface area contributed by atoms with Gasteiger partial charge in [-0.3, -0.25) is 43.2 Å². The summed E-state index contributed by atoms with van der Waals surface area (Å²) in [7, 11) is 8.18. The summed E-state index contributed by atoms with van der Waals surface area (Å²) in [5.41, 5.74) is 7.76. The average Bonchev–Trinajstić information content (AvgIpc) is 4.21. The third-order valence-corrected chi connectivity index (χ3v) is 11.4. The standard InChI is InChI=1S/C49H66N18O9/c1-51-38(28-62(2)30-43(72)52-17-13-41(70)56-32-22-35(31-68)64(4)25-32)59-40(69)12-11-16-54-47(74)37-24-34(27-67(37)20-10-8-7-9-15-50)58-49(76)45-61-39(29-66(45)6)60-42(71)14-18-55-46(73)36-23-33(26-65(36)5)57-48(75)44-53-19-21-63(44)3/h19,21-29,31H,1,7-18,20,30,50H2,2-6H3,(H,52,72)(H,54,74)(H,55,73)(H,56,70)(H,57,75)(H,58,76)(H,59,69)(H,60,71)/b38-28+. The summed E-state index contributed by atoms with van der Waals surface area (Å²) < 4.78 is 7.84. The number of carbonyl (C=O) groups is 9. The van der Waals surface area contributed by atoms with Crippen molar-refractivity contribution in [3.8, 4) is 0 Å². The summed E-state index contributed by atoms with van der Waals surface area (Å²) in [6.45, 7) is 4.60. The van der Waals surface area contributed by atoms with Crippen molar-refractivity contribution < 1.29 is 43.2 Å². The van der Waals surface area contributed by atoms with Crippen LogP contribution in [0.4, 0.5) is 22.9 Å². The van der Waals surface area contributed by atoms with Gasteiger partial charge in [-0.1, -0.05) is 12.8 Å². The van der Waals surface area contributed by atoms with Gasteiger partial charge in [-0.15, -0.1) is 0 Å². The number of aryl methyl sites for hydroxylation is 5. The Morgan fingerprint density at radius 1 is 0.645 bits per heavy atom. The first kappa shape index (κ1) is 57.8. The third kappa shape index (κ3) is 17.5. The van der Waals surface area contributed by atoms with Gasteiger partial charge in [0.1, 0.15) is 17.2 Å². The Balaban J connectivity index is 1.06. The molecule has 5 rings (SSSR count). The van der Waals surface area contributed by atoms with Gasteiger partial charge in [-0.05, 0) is 50.7 Å². The molecule has 0 atom stereocenters. The number of hydrogen-bond acceptors (Lipinski definition) is 14. The Morgan fingerprint density at radius 2 is 1.28 bits per heavy atom. The molecule has 0 aliphatic carbocycles. The molecule has 10 N–H and O–H groups in total. The van der Waals surface area contributed by atoms with E-state index in [4.69, 9.17) is 5.73 Å². The lowest BCUT2D eigenvalue weighted by atomic mass is 10.2. The lowest BCUT2D eigenvalue weighted by Gasteiger charge is -2.15. The first-order valence-electron chi connectivity index (χ1n) is 24.3. The Morgan fingerprint density at radius 3 is 1.96 bits per heavy atom. The van der Waals surface area contributed by atoms with Crippen LogP contribution in [0.2, 0.25) is 0 Å². The number of rotatable bonds is 30. The number of nitrogens with two attached hydrogens (primary N) is 1. The van der Waals surface area contributed by atoms with Crippen LogP contribution in [0.15, 0.2) is 72.4 Å². The van der Waals surface area contributed by atoms with E-state index in [0.717, 1.165) is 25.7 Å². The van der Waals surface area contributed by atoms with Gasteiger partial charge in [0.25, 0.3) is 23.6 Å². The minimum Gasteiger partial charge on any atom is -0.368 e. The van der Waals surface area contributed by atoms with Crippen molar-refractivity contribution in [1.29, 1.82) is 0 Å². The van der Waals surface area contributed by atoms with Crippen LogP contribution in [-0.4, -0.2) is 138 Å². The summed E-state index contributed by atoms with van der Waals surface area (Å²) in [5, 5.41) is 21.6. The fraction of sp³-hybridized carbons (Fsp3) is 0.388. The zero-order chi connectivity index (χ0) is 55.3. The number of hydrogen-bond donors (Lipinski definition) is 9. The topological polar surface area (TPSA) is 342 Å². The molecule has 0 radical (unpaired) electrons. The van der Waals surface area contributed by atoms with Crippen molar-refractivity contribution in [2.24, 2.45) is 38.9 Å². The smallest absolute Gasteiger partial charge is 0.291 e. The maximum absolute atomic E-state index is 13.5. The second kappa shape index (κ2) is 28.3. The summed E-state index contributed by atoms with van der Waals surface area (Å²) in [5.74, 6) is -3.21. The monoisotopic (exact) mass is 1050 g/mol. The minimum atomic E-state index is -0.610. The highest BCUT2D eigenvalue weighted by Crippen LogP contribution is 2.19. The molecule has 5 aromatic rings. The zero-order valence-electron chi connectivity index (χ0n) is 43.2. The molecule has 27 heteroatoms. The van der Waals surface area contributed by atoms with Crippen LogP contribution in [-0.2, 0) is 53.9 Å². The Bertz CT molecular complexity index is 2940. The van der Waals surface area contributed by atoms with Gasteiger partial charge in [0.15, 0.2) is 17.9 Å². The van der Waals surface area contributed by atoms with Crippen molar-refractivity contribution in [3.63, 3.8) is 0 Å². The maximum atomic E-state index is 13.5. The number of aliphatic imine (C=N–C) groups is 1. The van der Waals surface area contributed by atoms with E-state index in [0.29, 0.717) is 42.1 Å². The predicted octanol–water partition coefficient (Wildman–Crippen LogP) is 1.43. The first-order valence-corrected chi connectivity index (χ1v) is 24.3. The number of imidazole rings is 2. The number of unbranched alkanes of at least 4 members (excludes halogenated alkanes) is 3. The fourth-order valence-corrected chi connectivity index (χ4v) is 7.58. The van der Waals surface area contributed by atoms with E-state index >= 15 is 0 Å². The van der Waals surface area contributed by atoms with E-state index < -0.39 is 35.4 Å². The molecule has 0 bridgehead atoms. The molecule has 0 aliphatic rings. The highest BCUT2D eigenvalue weighted by molar-refractivity contribution is 6.04. The lowest BCUT2D eigenvalue weighted by molar-refractivity contribution is -0.122. The summed E-state index contributed by atoms with van der Waals surface area (Å²) in [6, 6.07) is 4.57. The van der Waals surface area contributed by atoms with Crippen molar-refractivity contribution in [2.45, 2.75) is 57.9 Å². The van der Waals surface area contributed by atoms with Crippen molar-refractivity contribution in [2.75, 3.05) is 61.0 Å². The molecule has 76 heavy (non-hydrogen) atoms. The summed E-state index contributed by atoms with van der Waals surface area (Å²) >= 11 is 0. The average molecular weight is 1050 g/mol. The van der Waals surface area contributed by atoms with Gasteiger partial charge in [0.05, 0.1) is 29.3 Å². The molecule has 27 nitrogen and oxygen atoms in total. The third-order valence-electron chi connectivity index (χ3n) is 11.4. The molecule has 406 valence electrons. The van der Waals surface area contributed by atoms with E-state index in [9.17, 15) is 43.2 Å². The zero-order valence-corrected chi connectivity index (χ0v) is 43.2. The minimum absolute atomic E-state index is 0.000790. The molecule has 0 saturated heterocycles. The van der Waals surface area contributed by atoms with Crippen LogP contribution in [0.3, 0.4) is 0 Å². The van der Waals surface area contributed by atoms with Crippen molar-refractivity contribution in [1.82, 2.24) is 59.0 Å². The maximum Gasteiger partial charge on any atom is 0.291 e. The van der Waals surface area contributed by atoms with Crippen LogP contribution in [0.25, 0.3) is 0 Å². The Labute approximate surface area is 438 Å². The molecular weight excluding hydrogens is 985 g/mol. The van der Waals surface area contributed by atoms with Crippen LogP contribution in [0.5, 0.6) is 0 Å². The van der Waals surface area contributed by atoms with E-state index in [-0.39, 0.29) is 98.4 Å². The SMILES string of the molecule is C=N/C(=C\N(C)CC(=O)NCCC(=O)Nc1cc(C=O)n(C)c1)NC(=O)CCCNC(=O)c1cc(NC(=O)c2nc(NC(=O)CCNC(=O)c3cc(NC(=O)c4nccn4C)cn3C)cn2C)cn1CCCCCCN. The molecule has 0 aromatic carbocycles. The second-order valence-electron chi connectivity index (χ2n) is 17.6. The molecule has 5 aromatic heterocycles. The number of anilines is 4. The molecule has 0 spiro atoms. The number of nitrogens with zero attached hydrogens (tertiary/aromatic N) is 9. The van der Waals surface area contributed by atoms with Gasteiger partial charge >= 0.3 is 0 Å². The molecule has 0 aliphatic heterocycles. The highest BCUT2D eigenvalue weighted by Gasteiger charge is 2.21. The fourth-order valence-electron chi connectivity index (χ4n) is 7.58. The molecule has 5 heterocycles. The van der Waals surface area contributed by atoms with Crippen molar-refractivity contribution >= 4 is 83.1 Å². The first-order chi connectivity index (χ1) is 36.4. The number of aldehydes is 1. The summed E-state index contributed by atoms with van der Waals surface area (Å²) in [6.07, 6.45) is 15.1. The van der Waals surface area contributed by atoms with Crippen LogP contribution in [0.1, 0.15) is 104 Å². The van der Waals surface area contributed by atoms with Gasteiger partial charge < -0.3 is 76.0 Å². The second-order valence-corrected chi connectivity index (χ2v) is 17.6. The van der Waals surface area contributed by atoms with E-state index in [2.05, 4.69) is 64.2 Å². The van der Waals surface area contributed by atoms with Gasteiger partial charge in [-0.2, -0.15) is 0 Å². The highest BCUT2D eigenvalue weighted by atomic mass is 16.2. The largest absolute Gasteiger partial charge is 0.368 e. The number of amides is 8. The Kier molecular flexibility index (Phi) is 21.5. The Hall–Kier alpha value is -9.14.